The number of aliphatic carboxylic acids is 2. The number of benzene rings is 2. The molecule has 2 aromatic carbocycles. The molecule has 29 heavy (non-hydrogen) atoms. The second-order valence-corrected chi connectivity index (χ2v) is 5.83. The third-order valence-electron chi connectivity index (χ3n) is 3.81. The molecule has 152 valence electrons. The molecule has 2 unspecified atom stereocenters. The van der Waals surface area contributed by atoms with Crippen LogP contribution in [0.4, 0.5) is 0 Å². The number of ether oxygens (including phenoxy) is 2. The molecule has 0 radical (unpaired) electrons. The Hall–Kier alpha value is -1.84. The third kappa shape index (κ3) is 10.5. The number of phenolic OH excluding ortho intramolecular Hbond substituents is 2. The zero-order valence-corrected chi connectivity index (χ0v) is 18.4. The van der Waals surface area contributed by atoms with E-state index in [9.17, 15) is 19.8 Å². The molecular formula is C20H22CaO8. The summed E-state index contributed by atoms with van der Waals surface area (Å²) in [5, 5.41) is 39.0. The van der Waals surface area contributed by atoms with Crippen molar-refractivity contribution in [2.45, 2.75) is 25.0 Å². The number of rotatable bonds is 8. The summed E-state index contributed by atoms with van der Waals surface area (Å²) in [5.74, 6) is -2.17. The molecule has 0 aliphatic heterocycles. The maximum atomic E-state index is 10.5. The van der Waals surface area contributed by atoms with E-state index in [0.717, 1.165) is 11.1 Å². The first-order valence-electron chi connectivity index (χ1n) is 8.30. The molecule has 0 spiro atoms. The van der Waals surface area contributed by atoms with Gasteiger partial charge in [0.1, 0.15) is 23.7 Å². The molecule has 0 aliphatic rings. The van der Waals surface area contributed by atoms with Crippen molar-refractivity contribution in [1.29, 1.82) is 0 Å². The average molecular weight is 430 g/mol. The Morgan fingerprint density at radius 1 is 0.759 bits per heavy atom. The fraction of sp³-hybridized carbons (Fsp3) is 0.300. The van der Waals surface area contributed by atoms with Crippen molar-refractivity contribution in [3.63, 3.8) is 0 Å². The molecule has 0 heterocycles. The van der Waals surface area contributed by atoms with Crippen molar-refractivity contribution in [2.24, 2.45) is 0 Å². The Kier molecular flexibility index (Phi) is 13.3. The Bertz CT molecular complexity index is 681. The van der Waals surface area contributed by atoms with Crippen LogP contribution in [0.1, 0.15) is 11.1 Å². The van der Waals surface area contributed by atoms with E-state index in [1.165, 1.54) is 38.5 Å². The van der Waals surface area contributed by atoms with Crippen molar-refractivity contribution in [3.05, 3.63) is 59.7 Å². The summed E-state index contributed by atoms with van der Waals surface area (Å²) in [7, 11) is 2.64. The number of methoxy groups -OCH3 is 2. The van der Waals surface area contributed by atoms with Crippen LogP contribution in [0, 0.1) is 0 Å². The van der Waals surface area contributed by atoms with Crippen LogP contribution in [-0.2, 0) is 31.9 Å². The Morgan fingerprint density at radius 2 is 1.03 bits per heavy atom. The molecule has 2 rings (SSSR count). The number of phenols is 2. The monoisotopic (exact) mass is 430 g/mol. The summed E-state index contributed by atoms with van der Waals surface area (Å²) >= 11 is 0. The van der Waals surface area contributed by atoms with Crippen LogP contribution >= 0.6 is 0 Å². The fourth-order valence-corrected chi connectivity index (χ4v) is 2.22. The molecule has 0 aliphatic carbocycles. The smallest absolute Gasteiger partial charge is 0.547 e. The molecule has 0 aromatic heterocycles. The van der Waals surface area contributed by atoms with Gasteiger partial charge in [0.2, 0.25) is 0 Å². The summed E-state index contributed by atoms with van der Waals surface area (Å²) in [6.07, 6.45) is -1.42. The molecule has 0 saturated carbocycles. The molecule has 8 nitrogen and oxygen atoms in total. The predicted molar refractivity (Wildman–Crippen MR) is 101 cm³/mol. The first kappa shape index (κ1) is 27.2. The van der Waals surface area contributed by atoms with Gasteiger partial charge in [-0.2, -0.15) is 0 Å². The van der Waals surface area contributed by atoms with Gasteiger partial charge in [-0.05, 0) is 35.4 Å². The van der Waals surface area contributed by atoms with Crippen LogP contribution in [0.5, 0.6) is 11.5 Å². The largest absolute Gasteiger partial charge is 2.00 e. The van der Waals surface area contributed by atoms with Crippen molar-refractivity contribution in [3.8, 4) is 11.5 Å². The summed E-state index contributed by atoms with van der Waals surface area (Å²) in [6, 6.07) is 12.6. The maximum absolute atomic E-state index is 10.5. The van der Waals surface area contributed by atoms with Gasteiger partial charge in [-0.15, -0.1) is 0 Å². The minimum Gasteiger partial charge on any atom is -0.547 e. The van der Waals surface area contributed by atoms with Crippen LogP contribution in [0.15, 0.2) is 48.5 Å². The van der Waals surface area contributed by atoms with Gasteiger partial charge in [-0.1, -0.05) is 24.3 Å². The quantitative estimate of drug-likeness (QED) is 0.510. The molecule has 0 saturated heterocycles. The Labute approximate surface area is 198 Å². The van der Waals surface area contributed by atoms with Crippen LogP contribution in [-0.4, -0.2) is 86.3 Å². The van der Waals surface area contributed by atoms with E-state index >= 15 is 0 Å². The van der Waals surface area contributed by atoms with E-state index in [-0.39, 0.29) is 62.1 Å². The van der Waals surface area contributed by atoms with Crippen molar-refractivity contribution in [1.82, 2.24) is 0 Å². The zero-order chi connectivity index (χ0) is 21.1. The van der Waals surface area contributed by atoms with E-state index in [2.05, 4.69) is 0 Å². The van der Waals surface area contributed by atoms with E-state index in [4.69, 9.17) is 19.7 Å². The Balaban J connectivity index is 0.000000523. The minimum atomic E-state index is -1.24. The van der Waals surface area contributed by atoms with Gasteiger partial charge < -0.3 is 39.5 Å². The maximum Gasteiger partial charge on any atom is 2.00 e. The minimum absolute atomic E-state index is 0. The van der Waals surface area contributed by atoms with Gasteiger partial charge >= 0.3 is 37.7 Å². The molecular weight excluding hydrogens is 408 g/mol. The Morgan fingerprint density at radius 3 is 1.24 bits per heavy atom. The number of carbonyl (C=O) groups is 2. The molecule has 9 heteroatoms. The molecule has 2 N–H and O–H groups in total. The number of carboxylic acid groups (broad SMARTS) is 2. The zero-order valence-electron chi connectivity index (χ0n) is 16.2. The summed E-state index contributed by atoms with van der Waals surface area (Å²) in [5.41, 5.74) is 1.55. The van der Waals surface area contributed by atoms with Crippen molar-refractivity contribution >= 4 is 49.7 Å². The molecule has 0 fully saturated rings. The van der Waals surface area contributed by atoms with Crippen molar-refractivity contribution < 1.29 is 39.5 Å². The second-order valence-electron chi connectivity index (χ2n) is 5.83. The van der Waals surface area contributed by atoms with Gasteiger partial charge in [0.05, 0.1) is 11.9 Å². The van der Waals surface area contributed by atoms with Crippen molar-refractivity contribution in [2.75, 3.05) is 14.2 Å². The topological polar surface area (TPSA) is 139 Å². The van der Waals surface area contributed by atoms with Crippen LogP contribution in [0.25, 0.3) is 0 Å². The average Bonchev–Trinajstić information content (AvgIpc) is 2.67. The third-order valence-corrected chi connectivity index (χ3v) is 3.81. The predicted octanol–water partition coefficient (Wildman–Crippen LogP) is -0.982. The molecule has 0 bridgehead atoms. The second kappa shape index (κ2) is 14.2. The van der Waals surface area contributed by atoms with E-state index < -0.39 is 24.1 Å². The number of carboxylic acids is 2. The molecule has 2 atom stereocenters. The van der Waals surface area contributed by atoms with E-state index in [0.29, 0.717) is 0 Å². The number of aromatic hydroxyl groups is 2. The van der Waals surface area contributed by atoms with Gasteiger partial charge in [0, 0.05) is 27.1 Å². The molecule has 2 aromatic rings. The summed E-state index contributed by atoms with van der Waals surface area (Å²) < 4.78 is 9.44. The number of carbonyl (C=O) groups excluding carboxylic acids is 2. The van der Waals surface area contributed by atoms with Gasteiger partial charge in [0.25, 0.3) is 0 Å². The first-order valence-corrected chi connectivity index (χ1v) is 8.30. The molecule has 0 amide bonds. The normalized spacial score (nSPS) is 11.9. The van der Waals surface area contributed by atoms with E-state index in [1.807, 2.05) is 0 Å². The number of hydrogen-bond acceptors (Lipinski definition) is 8. The summed E-state index contributed by atoms with van der Waals surface area (Å²) in [4.78, 5) is 21.0. The standard InChI is InChI=1S/2C10H12O4.Ca/c2*1-14-9(10(12)13)6-7-2-4-8(11)5-3-7;/h2*2-5,9,11H,6H2,1H3,(H,12,13);/q;;+2/p-2. The summed E-state index contributed by atoms with van der Waals surface area (Å²) in [6.45, 7) is 0. The van der Waals surface area contributed by atoms with Gasteiger partial charge in [-0.25, -0.2) is 0 Å². The van der Waals surface area contributed by atoms with Crippen LogP contribution in [0.2, 0.25) is 0 Å². The van der Waals surface area contributed by atoms with Crippen LogP contribution < -0.4 is 10.2 Å². The first-order chi connectivity index (χ1) is 13.3. The van der Waals surface area contributed by atoms with Gasteiger partial charge in [-0.3, -0.25) is 0 Å². The fourth-order valence-electron chi connectivity index (χ4n) is 2.22. The van der Waals surface area contributed by atoms with E-state index in [1.54, 1.807) is 24.3 Å². The van der Waals surface area contributed by atoms with Crippen LogP contribution in [0.3, 0.4) is 0 Å². The number of hydrogen-bond donors (Lipinski definition) is 2. The van der Waals surface area contributed by atoms with Gasteiger partial charge in [0.15, 0.2) is 0 Å². The SMILES string of the molecule is COC(Cc1ccc(O)cc1)C(=O)[O-].COC(Cc1ccc(O)cc1)C(=O)[O-].[Ca+2].